The minimum absolute atomic E-state index is 0. The first-order valence-corrected chi connectivity index (χ1v) is 4.17. The number of carbonyl (C=O) groups is 2. The molecule has 0 amide bonds. The Morgan fingerprint density at radius 2 is 1.65 bits per heavy atom. The van der Waals surface area contributed by atoms with Crippen LogP contribution in [0.5, 0.6) is 0 Å². The molecule has 0 aliphatic rings. The maximum atomic E-state index is 9.88. The first kappa shape index (κ1) is 24.9. The molecule has 0 bridgehead atoms. The molecule has 0 heterocycles. The molecule has 90 valence electrons. The summed E-state index contributed by atoms with van der Waals surface area (Å²) in [6.45, 7) is 2.86. The molecule has 7 nitrogen and oxygen atoms in total. The maximum absolute atomic E-state index is 9.88. The second-order valence-electron chi connectivity index (χ2n) is 2.31. The van der Waals surface area contributed by atoms with Crippen molar-refractivity contribution in [1.29, 1.82) is 10.5 Å². The zero-order valence-corrected chi connectivity index (χ0v) is 12.1. The molecule has 0 aliphatic carbocycles. The van der Waals surface area contributed by atoms with Gasteiger partial charge >= 0.3 is 35.5 Å². The van der Waals surface area contributed by atoms with Gasteiger partial charge in [0.2, 0.25) is 0 Å². The number of carbonyl (C=O) groups excluding carboxylic acids is 1. The van der Waals surface area contributed by atoms with E-state index in [1.165, 1.54) is 13.8 Å². The van der Waals surface area contributed by atoms with Crippen LogP contribution in [0.4, 0.5) is 0 Å². The van der Waals surface area contributed by atoms with Crippen molar-refractivity contribution in [1.82, 2.24) is 0 Å². The Hall–Kier alpha value is -1.12. The fourth-order valence-corrected chi connectivity index (χ4v) is 0.397. The molecule has 0 rings (SSSR count). The second-order valence-corrected chi connectivity index (χ2v) is 2.31. The van der Waals surface area contributed by atoms with Crippen LogP contribution in [-0.4, -0.2) is 23.1 Å². The summed E-state index contributed by atoms with van der Waals surface area (Å²) >= 11 is 0. The van der Waals surface area contributed by atoms with E-state index in [0.717, 1.165) is 0 Å². The third-order valence-electron chi connectivity index (χ3n) is 0.972. The van der Waals surface area contributed by atoms with Gasteiger partial charge in [0.05, 0.1) is 18.1 Å². The first-order valence-electron chi connectivity index (χ1n) is 4.17. The summed E-state index contributed by atoms with van der Waals surface area (Å²) in [5, 5.41) is 32.6. The smallest absolute Gasteiger partial charge is 0.548 e. The predicted molar refractivity (Wildman–Crippen MR) is 52.4 cm³/mol. The van der Waals surface area contributed by atoms with E-state index in [9.17, 15) is 14.7 Å². The number of carboxylic acid groups (broad SMARTS) is 2. The number of hydrogen-bond donors (Lipinski definition) is 2. The summed E-state index contributed by atoms with van der Waals surface area (Å²) in [7, 11) is 0. The van der Waals surface area contributed by atoms with Crippen molar-refractivity contribution >= 4 is 11.9 Å². The van der Waals surface area contributed by atoms with E-state index < -0.39 is 18.0 Å². The van der Waals surface area contributed by atoms with E-state index in [0.29, 0.717) is 0 Å². The molecule has 0 saturated heterocycles. The van der Waals surface area contributed by atoms with Crippen LogP contribution in [0.1, 0.15) is 26.7 Å². The quantitative estimate of drug-likeness (QED) is 0.483. The Kier molecular flexibility index (Phi) is 29.8. The summed E-state index contributed by atoms with van der Waals surface area (Å²) in [5.74, 6) is -2.47. The molecule has 3 N–H and O–H groups in total. The van der Waals surface area contributed by atoms with Crippen molar-refractivity contribution in [3.05, 3.63) is 0 Å². The number of nitrogens with two attached hydrogens (primary N) is 1. The largest absolute Gasteiger partial charge is 1.00 e. The van der Waals surface area contributed by atoms with Crippen LogP contribution in [0.3, 0.4) is 0 Å². The molecule has 0 aromatic heterocycles. The number of aliphatic carboxylic acids is 2. The van der Waals surface area contributed by atoms with Crippen molar-refractivity contribution in [2.75, 3.05) is 0 Å². The Balaban J connectivity index is -0.000000102. The number of rotatable bonds is 4. The van der Waals surface area contributed by atoms with Gasteiger partial charge in [-0.25, -0.2) is 0 Å². The third-order valence-corrected chi connectivity index (χ3v) is 0.972. The molecule has 0 aromatic carbocycles. The van der Waals surface area contributed by atoms with E-state index in [1.807, 2.05) is 0 Å². The minimum Gasteiger partial charge on any atom is -0.548 e. The number of hydrogen-bond acceptors (Lipinski definition) is 6. The zero-order chi connectivity index (χ0) is 13.6. The Labute approximate surface area is 122 Å². The molecule has 0 aromatic rings. The van der Waals surface area contributed by atoms with Crippen LogP contribution >= 0.6 is 0 Å². The van der Waals surface area contributed by atoms with Gasteiger partial charge in [-0.2, -0.15) is 10.5 Å². The maximum Gasteiger partial charge on any atom is 1.00 e. The monoisotopic (exact) mass is 251 g/mol. The third kappa shape index (κ3) is 39.8. The van der Waals surface area contributed by atoms with Crippen molar-refractivity contribution in [3.8, 4) is 12.1 Å². The molecule has 0 fully saturated rings. The molecule has 0 radical (unpaired) electrons. The average Bonchev–Trinajstić information content (AvgIpc) is 2.16. The number of nitrogens with zero attached hydrogens (tertiary/aromatic N) is 2. The predicted octanol–water partition coefficient (Wildman–Crippen LogP) is -4.01. The summed E-state index contributed by atoms with van der Waals surface area (Å²) in [5.41, 5.74) is 4.94. The molecular formula is C9H14N3NaO4. The Morgan fingerprint density at radius 1 is 1.35 bits per heavy atom. The molecule has 17 heavy (non-hydrogen) atoms. The molecule has 1 unspecified atom stereocenters. The van der Waals surface area contributed by atoms with Gasteiger partial charge < -0.3 is 20.7 Å². The summed E-state index contributed by atoms with van der Waals surface area (Å²) in [6.07, 6.45) is -0.327. The number of carboxylic acids is 2. The molecule has 0 saturated carbocycles. The molecule has 0 spiro atoms. The van der Waals surface area contributed by atoms with Crippen molar-refractivity contribution in [3.63, 3.8) is 0 Å². The molecule has 0 aliphatic heterocycles. The summed E-state index contributed by atoms with van der Waals surface area (Å²) < 4.78 is 0. The fourth-order valence-electron chi connectivity index (χ4n) is 0.397. The summed E-state index contributed by atoms with van der Waals surface area (Å²) in [4.78, 5) is 19.7. The van der Waals surface area contributed by atoms with E-state index in [4.69, 9.17) is 21.4 Å². The molecule has 1 atom stereocenters. The van der Waals surface area contributed by atoms with Gasteiger partial charge in [-0.3, -0.25) is 4.79 Å². The molecule has 8 heteroatoms. The van der Waals surface area contributed by atoms with Gasteiger partial charge in [-0.05, 0) is 6.42 Å². The fraction of sp³-hybridized carbons (Fsp3) is 0.556. The van der Waals surface area contributed by atoms with Crippen molar-refractivity contribution in [2.24, 2.45) is 5.73 Å². The first-order chi connectivity index (χ1) is 7.37. The van der Waals surface area contributed by atoms with Gasteiger partial charge in [0.25, 0.3) is 0 Å². The Bertz CT molecular complexity index is 271. The van der Waals surface area contributed by atoms with Crippen LogP contribution < -0.4 is 40.4 Å². The van der Waals surface area contributed by atoms with E-state index in [1.54, 1.807) is 12.1 Å². The van der Waals surface area contributed by atoms with Crippen LogP contribution in [0.2, 0.25) is 0 Å². The van der Waals surface area contributed by atoms with Crippen molar-refractivity contribution < 1.29 is 49.4 Å². The van der Waals surface area contributed by atoms with Crippen LogP contribution in [0.15, 0.2) is 0 Å². The van der Waals surface area contributed by atoms with Crippen molar-refractivity contribution in [2.45, 2.75) is 32.7 Å². The minimum atomic E-state index is -1.42. The van der Waals surface area contributed by atoms with Gasteiger partial charge in [-0.15, -0.1) is 0 Å². The zero-order valence-electron chi connectivity index (χ0n) is 10.1. The van der Waals surface area contributed by atoms with Crippen LogP contribution in [0, 0.1) is 22.7 Å². The average molecular weight is 251 g/mol. The van der Waals surface area contributed by atoms with E-state index in [2.05, 4.69) is 0 Å². The van der Waals surface area contributed by atoms with Crippen LogP contribution in [-0.2, 0) is 9.59 Å². The topological polar surface area (TPSA) is 151 Å². The number of nitriles is 2. The van der Waals surface area contributed by atoms with Gasteiger partial charge in [-0.1, -0.05) is 0 Å². The van der Waals surface area contributed by atoms with E-state index in [-0.39, 0.29) is 42.4 Å². The normalized spacial score (nSPS) is 8.29. The van der Waals surface area contributed by atoms with Gasteiger partial charge in [0.15, 0.2) is 0 Å². The van der Waals surface area contributed by atoms with Gasteiger partial charge in [0.1, 0.15) is 0 Å². The second kappa shape index (κ2) is 20.3. The summed E-state index contributed by atoms with van der Waals surface area (Å²) in [6, 6.07) is 2.33. The Morgan fingerprint density at radius 3 is 1.82 bits per heavy atom. The SMILES string of the molecule is CC#N.CC#N.NC(CCC(=O)O)C(=O)[O-].[Na+]. The van der Waals surface area contributed by atoms with Crippen LogP contribution in [0.25, 0.3) is 0 Å². The standard InChI is InChI=1S/C5H9NO4.2C2H3N.Na/c6-3(5(9)10)1-2-4(7)8;2*1-2-3;/h3H,1-2,6H2,(H,7,8)(H,9,10);2*1H3;/q;;;+1/p-1. The van der Waals surface area contributed by atoms with Gasteiger partial charge in [0, 0.05) is 26.3 Å². The molecular weight excluding hydrogens is 237 g/mol. The van der Waals surface area contributed by atoms with E-state index >= 15 is 0 Å².